The molecule has 2 N–H and O–H groups in total. The first-order valence-electron chi connectivity index (χ1n) is 3.49. The predicted molar refractivity (Wildman–Crippen MR) is 43.8 cm³/mol. The van der Waals surface area contributed by atoms with Gasteiger partial charge in [0.2, 0.25) is 0 Å². The second kappa shape index (κ2) is 15.8. The zero-order chi connectivity index (χ0) is 8.24. The van der Waals surface area contributed by atoms with Crippen molar-refractivity contribution in [2.24, 2.45) is 0 Å². The van der Waals surface area contributed by atoms with Crippen LogP contribution in [0.1, 0.15) is 13.3 Å². The molecule has 0 rings (SSSR count). The molecule has 0 aliphatic carbocycles. The average Bonchev–Trinajstić information content (AvgIpc) is 2.01. The Hall–Kier alpha value is -0.590. The maximum Gasteiger partial charge on any atom is 0.0618 e. The van der Waals surface area contributed by atoms with Crippen LogP contribution in [0.4, 0.5) is 0 Å². The molecule has 0 aromatic heterocycles. The molecule has 0 unspecified atom stereocenters. The number of nitriles is 1. The van der Waals surface area contributed by atoms with Gasteiger partial charge in [-0.25, -0.2) is 0 Å². The van der Waals surface area contributed by atoms with Crippen LogP contribution in [0.3, 0.4) is 0 Å². The molecule has 60 valence electrons. The van der Waals surface area contributed by atoms with E-state index in [9.17, 15) is 0 Å². The molecule has 3 nitrogen and oxygen atoms in total. The number of hydrogen-bond donors (Lipinski definition) is 2. The lowest BCUT2D eigenvalue weighted by Gasteiger charge is -1.92. The van der Waals surface area contributed by atoms with Gasteiger partial charge in [-0.3, -0.25) is 0 Å². The molecule has 0 amide bonds. The normalized spacial score (nSPS) is 7.40. The summed E-state index contributed by atoms with van der Waals surface area (Å²) in [5.74, 6) is 0. The summed E-state index contributed by atoms with van der Waals surface area (Å²) in [6.45, 7) is 3.92. The van der Waals surface area contributed by atoms with Gasteiger partial charge in [-0.15, -0.1) is 0 Å². The highest BCUT2D eigenvalue weighted by Gasteiger charge is 1.70. The summed E-state index contributed by atoms with van der Waals surface area (Å²) in [4.78, 5) is 0. The summed E-state index contributed by atoms with van der Waals surface area (Å²) in [5.41, 5.74) is 0. The molecule has 0 aromatic carbocycles. The van der Waals surface area contributed by atoms with Gasteiger partial charge in [0.15, 0.2) is 0 Å². The molecule has 10 heavy (non-hydrogen) atoms. The van der Waals surface area contributed by atoms with Crippen molar-refractivity contribution in [2.75, 3.05) is 27.2 Å². The van der Waals surface area contributed by atoms with Crippen molar-refractivity contribution in [3.63, 3.8) is 0 Å². The van der Waals surface area contributed by atoms with Crippen molar-refractivity contribution in [1.29, 1.82) is 5.26 Å². The first-order valence-corrected chi connectivity index (χ1v) is 3.49. The molecule has 0 aliphatic rings. The maximum absolute atomic E-state index is 7.62. The van der Waals surface area contributed by atoms with Crippen LogP contribution in [0.2, 0.25) is 0 Å². The van der Waals surface area contributed by atoms with E-state index < -0.39 is 0 Å². The van der Waals surface area contributed by atoms with E-state index in [2.05, 4.69) is 10.6 Å². The van der Waals surface area contributed by atoms with Gasteiger partial charge < -0.3 is 10.6 Å². The highest BCUT2D eigenvalue weighted by molar-refractivity contribution is 4.61. The Morgan fingerprint density at radius 2 is 1.50 bits per heavy atom. The fraction of sp³-hybridized carbons (Fsp3) is 0.857. The van der Waals surface area contributed by atoms with Crippen LogP contribution >= 0.6 is 0 Å². The summed E-state index contributed by atoms with van der Waals surface area (Å²) in [6, 6.07) is 1.93. The van der Waals surface area contributed by atoms with E-state index in [0.717, 1.165) is 13.1 Å². The molecule has 0 radical (unpaired) electrons. The summed E-state index contributed by atoms with van der Waals surface area (Å²) in [6.07, 6.45) is 0.625. The number of nitrogens with one attached hydrogen (secondary N) is 2. The van der Waals surface area contributed by atoms with E-state index in [1.165, 1.54) is 0 Å². The van der Waals surface area contributed by atoms with Crippen LogP contribution in [0.25, 0.3) is 0 Å². The molecular formula is C7H17N3. The first kappa shape index (κ1) is 12.1. The standard InChI is InChI=1S/C4H12N2.C3H5N/c1-5-3-4-6-2;1-2-3-4/h5-6H,3-4H2,1-2H3;2H2,1H3. The molecule has 0 atom stereocenters. The van der Waals surface area contributed by atoms with Crippen LogP contribution < -0.4 is 10.6 Å². The minimum Gasteiger partial charge on any atom is -0.318 e. The second-order valence-electron chi connectivity index (χ2n) is 1.72. The third-order valence-corrected chi connectivity index (χ3v) is 0.783. The Morgan fingerprint density at radius 1 is 1.20 bits per heavy atom. The van der Waals surface area contributed by atoms with Crippen molar-refractivity contribution in [1.82, 2.24) is 10.6 Å². The summed E-state index contributed by atoms with van der Waals surface area (Å²) in [5, 5.41) is 13.6. The number of rotatable bonds is 3. The summed E-state index contributed by atoms with van der Waals surface area (Å²) in [7, 11) is 3.88. The molecule has 0 aromatic rings. The predicted octanol–water partition coefficient (Wildman–Crippen LogP) is 0.345. The third-order valence-electron chi connectivity index (χ3n) is 0.783. The molecule has 0 bridgehead atoms. The molecule has 0 fully saturated rings. The van der Waals surface area contributed by atoms with Gasteiger partial charge in [-0.1, -0.05) is 6.92 Å². The minimum atomic E-state index is 0.625. The number of nitrogens with zero attached hydrogens (tertiary/aromatic N) is 1. The van der Waals surface area contributed by atoms with Crippen molar-refractivity contribution < 1.29 is 0 Å². The Balaban J connectivity index is 0. The van der Waals surface area contributed by atoms with E-state index in [0.29, 0.717) is 6.42 Å². The lowest BCUT2D eigenvalue weighted by Crippen LogP contribution is -2.21. The summed E-state index contributed by atoms with van der Waals surface area (Å²) >= 11 is 0. The average molecular weight is 143 g/mol. The van der Waals surface area contributed by atoms with Crippen molar-refractivity contribution >= 4 is 0 Å². The zero-order valence-electron chi connectivity index (χ0n) is 7.07. The van der Waals surface area contributed by atoms with E-state index in [4.69, 9.17) is 5.26 Å². The topological polar surface area (TPSA) is 47.9 Å². The largest absolute Gasteiger partial charge is 0.318 e. The van der Waals surface area contributed by atoms with Crippen LogP contribution in [-0.2, 0) is 0 Å². The lowest BCUT2D eigenvalue weighted by molar-refractivity contribution is 0.718. The Labute approximate surface area is 63.4 Å². The quantitative estimate of drug-likeness (QED) is 0.560. The fourth-order valence-corrected chi connectivity index (χ4v) is 0.250. The van der Waals surface area contributed by atoms with Crippen molar-refractivity contribution in [3.05, 3.63) is 0 Å². The molecule has 0 spiro atoms. The minimum absolute atomic E-state index is 0.625. The van der Waals surface area contributed by atoms with Gasteiger partial charge in [0.05, 0.1) is 6.07 Å². The molecule has 3 heteroatoms. The maximum atomic E-state index is 7.62. The summed E-state index contributed by atoms with van der Waals surface area (Å²) < 4.78 is 0. The van der Waals surface area contributed by atoms with Gasteiger partial charge in [-0.05, 0) is 14.1 Å². The van der Waals surface area contributed by atoms with Gasteiger partial charge in [0.1, 0.15) is 0 Å². The molecule has 0 saturated heterocycles. The SMILES string of the molecule is CCC#N.CNCCNC. The van der Waals surface area contributed by atoms with E-state index >= 15 is 0 Å². The molecule has 0 saturated carbocycles. The smallest absolute Gasteiger partial charge is 0.0618 e. The molecule has 0 aliphatic heterocycles. The van der Waals surface area contributed by atoms with E-state index in [1.54, 1.807) is 0 Å². The first-order chi connectivity index (χ1) is 4.83. The van der Waals surface area contributed by atoms with Gasteiger partial charge in [0.25, 0.3) is 0 Å². The zero-order valence-corrected chi connectivity index (χ0v) is 7.07. The highest BCUT2D eigenvalue weighted by atomic mass is 14.9. The van der Waals surface area contributed by atoms with E-state index in [-0.39, 0.29) is 0 Å². The monoisotopic (exact) mass is 143 g/mol. The highest BCUT2D eigenvalue weighted by Crippen LogP contribution is 1.58. The van der Waals surface area contributed by atoms with Gasteiger partial charge >= 0.3 is 0 Å². The molecular weight excluding hydrogens is 126 g/mol. The van der Waals surface area contributed by atoms with E-state index in [1.807, 2.05) is 27.1 Å². The van der Waals surface area contributed by atoms with Gasteiger partial charge in [0, 0.05) is 19.5 Å². The fourth-order valence-electron chi connectivity index (χ4n) is 0.250. The van der Waals surface area contributed by atoms with Crippen LogP contribution in [-0.4, -0.2) is 27.2 Å². The third kappa shape index (κ3) is 26.2. The Kier molecular flexibility index (Phi) is 19.1. The Bertz CT molecular complexity index is 71.4. The van der Waals surface area contributed by atoms with Crippen LogP contribution in [0.5, 0.6) is 0 Å². The van der Waals surface area contributed by atoms with Crippen LogP contribution in [0, 0.1) is 11.3 Å². The van der Waals surface area contributed by atoms with Crippen LogP contribution in [0.15, 0.2) is 0 Å². The molecule has 0 heterocycles. The van der Waals surface area contributed by atoms with Gasteiger partial charge in [-0.2, -0.15) is 5.26 Å². The number of hydrogen-bond acceptors (Lipinski definition) is 3. The van der Waals surface area contributed by atoms with Crippen molar-refractivity contribution in [2.45, 2.75) is 13.3 Å². The lowest BCUT2D eigenvalue weighted by atomic mass is 10.6. The Morgan fingerprint density at radius 3 is 1.60 bits per heavy atom. The second-order valence-corrected chi connectivity index (χ2v) is 1.72. The number of likely N-dealkylation sites (N-methyl/N-ethyl adjacent to an activating group) is 2. The van der Waals surface area contributed by atoms with Crippen molar-refractivity contribution in [3.8, 4) is 6.07 Å².